The lowest BCUT2D eigenvalue weighted by atomic mass is 10.1. The lowest BCUT2D eigenvalue weighted by Crippen LogP contribution is -2.48. The number of hydrogen-bond acceptors (Lipinski definition) is 24. The molecule has 3 amide bonds. The Bertz CT molecular complexity index is 5420. The fourth-order valence-electron chi connectivity index (χ4n) is 13.1. The van der Waals surface area contributed by atoms with Gasteiger partial charge in [-0.2, -0.15) is 25.3 Å². The van der Waals surface area contributed by atoms with E-state index >= 15 is 0 Å². The second-order valence-electron chi connectivity index (χ2n) is 26.0. The van der Waals surface area contributed by atoms with Gasteiger partial charge in [-0.05, 0) is 171 Å². The van der Waals surface area contributed by atoms with Crippen molar-refractivity contribution in [1.29, 1.82) is 0 Å². The van der Waals surface area contributed by atoms with Crippen molar-refractivity contribution in [2.75, 3.05) is 86.9 Å². The Labute approximate surface area is 679 Å². The summed E-state index contributed by atoms with van der Waals surface area (Å²) in [5.74, 6) is -0.620. The van der Waals surface area contributed by atoms with E-state index in [1.54, 1.807) is 88.1 Å². The number of aryl methyl sites for hydroxylation is 2. The van der Waals surface area contributed by atoms with E-state index in [1.165, 1.54) is 124 Å². The van der Waals surface area contributed by atoms with Crippen LogP contribution >= 0.6 is 80.4 Å². The largest absolute Gasteiger partial charge is 0.371 e. The Morgan fingerprint density at radius 3 is 1.18 bits per heavy atom. The first-order valence-electron chi connectivity index (χ1n) is 34.4. The summed E-state index contributed by atoms with van der Waals surface area (Å²) in [5.41, 5.74) is 5.06. The number of aromatic nitrogens is 3. The highest BCUT2D eigenvalue weighted by molar-refractivity contribution is 8.10. The number of thiazole rings is 3. The molecule has 5 fully saturated rings. The van der Waals surface area contributed by atoms with Crippen LogP contribution in [0.5, 0.6) is 0 Å². The maximum absolute atomic E-state index is 13.7. The van der Waals surface area contributed by atoms with Crippen LogP contribution in [0.25, 0.3) is 0 Å². The zero-order valence-electron chi connectivity index (χ0n) is 59.2. The monoisotopic (exact) mass is 1750 g/mol. The van der Waals surface area contributed by atoms with Crippen molar-refractivity contribution in [3.8, 4) is 0 Å². The number of anilines is 6. The van der Waals surface area contributed by atoms with Crippen molar-refractivity contribution in [1.82, 2.24) is 24.8 Å². The predicted molar refractivity (Wildman–Crippen MR) is 430 cm³/mol. The van der Waals surface area contributed by atoms with Gasteiger partial charge >= 0.3 is 0 Å². The zero-order valence-corrected chi connectivity index (χ0v) is 68.7. The van der Waals surface area contributed by atoms with Gasteiger partial charge in [-0.3, -0.25) is 37.8 Å². The molecule has 5 aliphatic rings. The van der Waals surface area contributed by atoms with E-state index < -0.39 is 62.2 Å². The van der Waals surface area contributed by atoms with E-state index in [2.05, 4.69) is 34.2 Å². The fraction of sp³-hybridized carbons (Fsp3) is 0.260. The Kier molecular flexibility index (Phi) is 25.3. The molecule has 2 N–H and O–H groups in total. The van der Waals surface area contributed by atoms with Gasteiger partial charge in [0.05, 0.1) is 62.0 Å². The number of ether oxygens (including phenoxy) is 2. The average molecular weight is 1750 g/mol. The van der Waals surface area contributed by atoms with Gasteiger partial charge in [0, 0.05) is 124 Å². The molecule has 39 heteroatoms. The number of amides is 3. The van der Waals surface area contributed by atoms with Crippen LogP contribution in [-0.4, -0.2) is 162 Å². The first kappa shape index (κ1) is 81.9. The van der Waals surface area contributed by atoms with E-state index in [-0.39, 0.29) is 78.7 Å². The number of nitrogens with one attached hydrogen (secondary N) is 2. The Hall–Kier alpha value is -8.05. The van der Waals surface area contributed by atoms with E-state index in [9.17, 15) is 56.5 Å². The van der Waals surface area contributed by atoms with Gasteiger partial charge in [0.25, 0.3) is 56.1 Å². The summed E-state index contributed by atoms with van der Waals surface area (Å²) < 4.78 is 153. The molecule has 10 aromatic rings. The predicted octanol–water partition coefficient (Wildman–Crippen LogP) is 12.7. The molecule has 15 rings (SSSR count). The van der Waals surface area contributed by atoms with Gasteiger partial charge in [0.1, 0.15) is 0 Å². The van der Waals surface area contributed by atoms with Crippen LogP contribution in [0.4, 0.5) is 32.5 Å². The minimum atomic E-state index is -4.68. The summed E-state index contributed by atoms with van der Waals surface area (Å²) >= 11 is 27.9. The number of nitrogens with zero attached hydrogens (tertiary/aromatic N) is 9. The number of benzene rings is 7. The highest BCUT2D eigenvalue weighted by atomic mass is 35.5. The van der Waals surface area contributed by atoms with E-state index in [0.29, 0.717) is 116 Å². The van der Waals surface area contributed by atoms with Gasteiger partial charge in [-0.15, -0.1) is 37.7 Å². The topological polar surface area (TPSA) is 332 Å². The highest BCUT2D eigenvalue weighted by Crippen LogP contribution is 2.38. The first-order chi connectivity index (χ1) is 53.4. The van der Waals surface area contributed by atoms with Gasteiger partial charge < -0.3 is 24.2 Å². The van der Waals surface area contributed by atoms with Crippen molar-refractivity contribution >= 4 is 181 Å². The second-order valence-corrected chi connectivity index (χ2v) is 39.2. The van der Waals surface area contributed by atoms with Gasteiger partial charge in [0.2, 0.25) is 16.9 Å². The van der Waals surface area contributed by atoms with Crippen LogP contribution < -0.4 is 27.9 Å². The summed E-state index contributed by atoms with van der Waals surface area (Å²) in [6, 6.07) is 39.6. The summed E-state index contributed by atoms with van der Waals surface area (Å²) in [7, 11) is -20.9. The first-order valence-corrected chi connectivity index (χ1v) is 45.8. The third-order valence-corrected chi connectivity index (χ3v) is 30.3. The molecular weight excluding hydrogens is 1690 g/mol. The molecule has 0 bridgehead atoms. The summed E-state index contributed by atoms with van der Waals surface area (Å²) in [5, 5.41) is 7.37. The molecule has 0 aliphatic carbocycles. The van der Waals surface area contributed by atoms with E-state index in [4.69, 9.17) is 60.1 Å². The number of hydrogen-bond donors (Lipinski definition) is 2. The number of carbonyl (C=O) groups is 3. The molecule has 588 valence electrons. The van der Waals surface area contributed by atoms with E-state index in [0.717, 1.165) is 33.6 Å². The van der Waals surface area contributed by atoms with Crippen molar-refractivity contribution in [2.45, 2.75) is 88.0 Å². The third kappa shape index (κ3) is 18.8. The Morgan fingerprint density at radius 2 is 0.795 bits per heavy atom. The molecule has 5 saturated heterocycles. The molecule has 5 aliphatic heterocycles. The average Bonchev–Trinajstić information content (AvgIpc) is 1.09. The minimum absolute atomic E-state index is 0.00806. The summed E-state index contributed by atoms with van der Waals surface area (Å²) in [4.78, 5) is 60.1. The number of carbonyl (C=O) groups excluding carboxylic acids is 3. The maximum Gasteiger partial charge on any atom is 0.297 e. The molecule has 0 unspecified atom stereocenters. The van der Waals surface area contributed by atoms with Gasteiger partial charge in [-0.25, -0.2) is 31.8 Å². The van der Waals surface area contributed by atoms with Gasteiger partial charge in [-0.1, -0.05) is 81.8 Å². The van der Waals surface area contributed by atoms with Crippen LogP contribution in [0.3, 0.4) is 0 Å². The fourth-order valence-corrected chi connectivity index (χ4v) is 23.5. The highest BCUT2D eigenvalue weighted by Gasteiger charge is 2.44. The SMILES string of the molecule is Cc1ccc(S(=O)(=O)O[C@@H]2CCN(c3ccc(S(=O)(=O)N(c4nccs4)S(=O)(=O)c4ccc(C)cc4)cc3)C2=O)cc1.O=C1[C@@H](N2CCO[C@@H](c3cc(Cl)cc(Cl)c3)C2)CCN1c1ccc(S(=O)(=O)Nc2nccs2)cc1.O=C1[C@@H](N2CCO[C@H](c3cc(Cl)cc(Cl)c3)C2)CCN1c1ccc(S(=O)(=O)Nc2nccs2)cc1. The van der Waals surface area contributed by atoms with Crippen molar-refractivity contribution in [3.63, 3.8) is 0 Å². The zero-order chi connectivity index (χ0) is 79.4. The Balaban J connectivity index is 0.000000148. The van der Waals surface area contributed by atoms with Crippen LogP contribution in [-0.2, 0) is 78.3 Å². The smallest absolute Gasteiger partial charge is 0.297 e. The molecule has 0 saturated carbocycles. The third-order valence-electron chi connectivity index (χ3n) is 18.7. The van der Waals surface area contributed by atoms with Crippen LogP contribution in [0.15, 0.2) is 217 Å². The van der Waals surface area contributed by atoms with E-state index in [1.807, 2.05) is 31.2 Å². The molecule has 112 heavy (non-hydrogen) atoms. The quantitative estimate of drug-likeness (QED) is 0.0631. The summed E-state index contributed by atoms with van der Waals surface area (Å²) in [6.45, 7) is 8.22. The molecule has 8 heterocycles. The summed E-state index contributed by atoms with van der Waals surface area (Å²) in [6.07, 6.45) is 4.10. The molecule has 7 aromatic carbocycles. The maximum atomic E-state index is 13.7. The number of rotatable bonds is 21. The molecular formula is C73H69Cl4N11O16S8. The van der Waals surface area contributed by atoms with Crippen LogP contribution in [0, 0.1) is 13.8 Å². The lowest BCUT2D eigenvalue weighted by Gasteiger charge is -2.36. The van der Waals surface area contributed by atoms with Crippen molar-refractivity contribution in [2.24, 2.45) is 0 Å². The lowest BCUT2D eigenvalue weighted by molar-refractivity contribution is -0.125. The minimum Gasteiger partial charge on any atom is -0.371 e. The molecule has 0 spiro atoms. The molecule has 3 aromatic heterocycles. The van der Waals surface area contributed by atoms with Crippen LogP contribution in [0.1, 0.15) is 53.7 Å². The van der Waals surface area contributed by atoms with Crippen molar-refractivity contribution < 1.29 is 70.1 Å². The molecule has 5 atom stereocenters. The normalized spacial score (nSPS) is 19.4. The molecule has 0 radical (unpaired) electrons. The number of halogens is 4. The van der Waals surface area contributed by atoms with Crippen molar-refractivity contribution in [3.05, 3.63) is 235 Å². The standard InChI is InChI=1S/C27H25N3O8S4.2C23H22Cl2N4O4S2/c1-19-3-9-22(10-4-19)40(32,33)30(27-28-16-18-39-27)41(34,35)23-13-7-21(8-14-23)29-17-15-25(26(29)31)38-42(36,37)24-11-5-20(2)6-12-24;2*24-16-11-15(12-17(25)13-16)21-14-28(8-9-33-21)20-5-7-29(22(20)30)18-1-3-19(4-2-18)35(31,32)27-23-26-6-10-34-23/h3-14,16,18,25H,15,17H2,1-2H3;2*1-4,6,10-13,20-21H,5,7-9,14H2,(H,26,27)/t25-;20-,21+;20-,21-/m100/s1. The second kappa shape index (κ2) is 34.6. The Morgan fingerprint density at radius 1 is 0.438 bits per heavy atom. The van der Waals surface area contributed by atoms with Gasteiger partial charge in [0.15, 0.2) is 16.4 Å². The number of morpholine rings is 2. The van der Waals surface area contributed by atoms with Crippen LogP contribution in [0.2, 0.25) is 20.1 Å². The number of sulfonamides is 4. The molecule has 27 nitrogen and oxygen atoms in total.